The summed E-state index contributed by atoms with van der Waals surface area (Å²) in [5.74, 6) is -4.33. The van der Waals surface area contributed by atoms with Gasteiger partial charge in [-0.1, -0.05) is 19.1 Å². The number of ether oxygens (including phenoxy) is 1. The van der Waals surface area contributed by atoms with Gasteiger partial charge in [0, 0.05) is 44.8 Å². The molecule has 12 heteroatoms. The number of nitrogens with zero attached hydrogens (tertiary/aromatic N) is 1. The number of carbonyl (C=O) groups excluding carboxylic acids is 4. The Morgan fingerprint density at radius 1 is 1.10 bits per heavy atom. The van der Waals surface area contributed by atoms with Crippen LogP contribution < -0.4 is 21.7 Å². The quantitative estimate of drug-likeness (QED) is 0.374. The van der Waals surface area contributed by atoms with Crippen LogP contribution in [0, 0.1) is 24.0 Å². The Hall–Kier alpha value is -3.90. The Labute approximate surface area is 230 Å². The van der Waals surface area contributed by atoms with Crippen molar-refractivity contribution in [2.45, 2.75) is 44.8 Å². The van der Waals surface area contributed by atoms with E-state index in [0.29, 0.717) is 42.9 Å². The predicted octanol–water partition coefficient (Wildman–Crippen LogP) is 2.41. The number of hydrogen-bond donors (Lipinski definition) is 4. The van der Waals surface area contributed by atoms with Crippen molar-refractivity contribution in [3.63, 3.8) is 0 Å². The van der Waals surface area contributed by atoms with E-state index in [1.807, 2.05) is 0 Å². The Bertz CT molecular complexity index is 1260. The molecule has 4 amide bonds. The van der Waals surface area contributed by atoms with Gasteiger partial charge in [0.15, 0.2) is 0 Å². The van der Waals surface area contributed by atoms with Gasteiger partial charge in [-0.2, -0.15) is 0 Å². The van der Waals surface area contributed by atoms with Crippen LogP contribution in [0.1, 0.15) is 43.4 Å². The van der Waals surface area contributed by atoms with Crippen molar-refractivity contribution >= 4 is 35.0 Å². The number of rotatable bonds is 9. The number of fused-ring (bicyclic) bond motifs is 1. The number of benzene rings is 2. The summed E-state index contributed by atoms with van der Waals surface area (Å²) in [5, 5.41) is 7.76. The molecule has 2 aliphatic heterocycles. The summed E-state index contributed by atoms with van der Waals surface area (Å²) >= 11 is 0. The third kappa shape index (κ3) is 6.45. The molecule has 5 N–H and O–H groups in total. The first-order chi connectivity index (χ1) is 19.2. The molecular formula is C28H32F2N5O5. The van der Waals surface area contributed by atoms with Gasteiger partial charge < -0.3 is 31.3 Å². The number of carbonyl (C=O) groups is 4. The third-order valence-electron chi connectivity index (χ3n) is 7.05. The Kier molecular flexibility index (Phi) is 9.43. The molecule has 2 aromatic carbocycles. The second-order valence-electron chi connectivity index (χ2n) is 9.68. The van der Waals surface area contributed by atoms with E-state index >= 15 is 0 Å². The van der Waals surface area contributed by atoms with Crippen molar-refractivity contribution in [2.24, 2.45) is 11.7 Å². The van der Waals surface area contributed by atoms with E-state index in [0.717, 1.165) is 12.1 Å². The van der Waals surface area contributed by atoms with Crippen LogP contribution in [0.5, 0.6) is 0 Å². The Morgan fingerprint density at radius 3 is 2.45 bits per heavy atom. The summed E-state index contributed by atoms with van der Waals surface area (Å²) in [5.41, 5.74) is 6.18. The number of hydrogen-bond acceptors (Lipinski definition) is 6. The van der Waals surface area contributed by atoms with Crippen molar-refractivity contribution in [1.29, 1.82) is 0 Å². The fourth-order valence-corrected chi connectivity index (χ4v) is 5.01. The minimum Gasteiger partial charge on any atom is -0.381 e. The van der Waals surface area contributed by atoms with E-state index < -0.39 is 47.1 Å². The lowest BCUT2D eigenvalue weighted by Gasteiger charge is -2.34. The van der Waals surface area contributed by atoms with Gasteiger partial charge in [-0.15, -0.1) is 0 Å². The van der Waals surface area contributed by atoms with Crippen LogP contribution in [-0.4, -0.2) is 54.3 Å². The molecule has 2 aliphatic rings. The minimum atomic E-state index is -1.29. The van der Waals surface area contributed by atoms with Crippen molar-refractivity contribution in [3.05, 3.63) is 65.6 Å². The van der Waals surface area contributed by atoms with Crippen LogP contribution >= 0.6 is 0 Å². The van der Waals surface area contributed by atoms with Crippen molar-refractivity contribution in [1.82, 2.24) is 10.2 Å². The summed E-state index contributed by atoms with van der Waals surface area (Å²) < 4.78 is 34.3. The third-order valence-corrected chi connectivity index (χ3v) is 7.05. The maximum atomic E-state index is 14.4. The number of halogens is 2. The van der Waals surface area contributed by atoms with Crippen LogP contribution in [0.15, 0.2) is 36.4 Å². The van der Waals surface area contributed by atoms with Crippen molar-refractivity contribution < 1.29 is 32.7 Å². The smallest absolute Gasteiger partial charge is 0.252 e. The standard InChI is InChI=1S/C28H32F2N5O5/c1-2-22(36)33-24(16-9-12-40-13-10-16)28(39)35-15-17-6-7-18(32-23(37)8-11-31)14-19(17)26(35)27(38)34-25-20(29)4-3-5-21(25)30/h2-7,14,16,24,26H,8-13,15,31H2,1H3,(H,32,37)(H,33,36)(H,34,38)/t24-,26-/m0/s1. The SMILES string of the molecule is C[CH]C(=O)N[C@H](C(=O)N1Cc2ccc(NC(=O)CCN)cc2[C@H]1C(=O)Nc1c(F)cccc1F)C1CCOCC1. The highest BCUT2D eigenvalue weighted by molar-refractivity contribution is 6.01. The molecular weight excluding hydrogens is 524 g/mol. The van der Waals surface area contributed by atoms with Gasteiger partial charge in [0.1, 0.15) is 29.4 Å². The molecule has 1 fully saturated rings. The molecule has 213 valence electrons. The zero-order chi connectivity index (χ0) is 28.8. The van der Waals surface area contributed by atoms with Crippen molar-refractivity contribution in [3.8, 4) is 0 Å². The minimum absolute atomic E-state index is 0.00840. The van der Waals surface area contributed by atoms with Gasteiger partial charge >= 0.3 is 0 Å². The van der Waals surface area contributed by atoms with Crippen LogP contribution in [0.25, 0.3) is 0 Å². The molecule has 10 nitrogen and oxygen atoms in total. The second-order valence-corrected chi connectivity index (χ2v) is 9.68. The van der Waals surface area contributed by atoms with Gasteiger partial charge in [0.05, 0.1) is 0 Å². The number of amides is 4. The Morgan fingerprint density at radius 2 is 1.80 bits per heavy atom. The lowest BCUT2D eigenvalue weighted by Crippen LogP contribution is -2.53. The van der Waals surface area contributed by atoms with Crippen LogP contribution in [0.3, 0.4) is 0 Å². The molecule has 40 heavy (non-hydrogen) atoms. The van der Waals surface area contributed by atoms with Gasteiger partial charge in [0.25, 0.3) is 5.91 Å². The van der Waals surface area contributed by atoms with Gasteiger partial charge in [-0.25, -0.2) is 8.78 Å². The molecule has 0 aromatic heterocycles. The zero-order valence-corrected chi connectivity index (χ0v) is 22.0. The van der Waals surface area contributed by atoms with Crippen LogP contribution in [0.4, 0.5) is 20.2 Å². The summed E-state index contributed by atoms with van der Waals surface area (Å²) in [6.45, 7) is 2.54. The lowest BCUT2D eigenvalue weighted by molar-refractivity contribution is -0.143. The molecule has 1 saturated heterocycles. The van der Waals surface area contributed by atoms with E-state index in [2.05, 4.69) is 16.0 Å². The molecule has 0 bridgehead atoms. The lowest BCUT2D eigenvalue weighted by atomic mass is 9.90. The molecule has 4 rings (SSSR count). The highest BCUT2D eigenvalue weighted by atomic mass is 19.1. The number of anilines is 2. The summed E-state index contributed by atoms with van der Waals surface area (Å²) in [6.07, 6.45) is 2.44. The fraction of sp³-hybridized carbons (Fsp3) is 0.393. The average Bonchev–Trinajstić information content (AvgIpc) is 3.32. The van der Waals surface area contributed by atoms with Crippen molar-refractivity contribution in [2.75, 3.05) is 30.4 Å². The van der Waals surface area contributed by atoms with Gasteiger partial charge in [0.2, 0.25) is 17.7 Å². The van der Waals surface area contributed by atoms with Crippen LogP contribution in [0.2, 0.25) is 0 Å². The fourth-order valence-electron chi connectivity index (χ4n) is 5.01. The number of para-hydroxylation sites is 1. The first-order valence-electron chi connectivity index (χ1n) is 13.1. The largest absolute Gasteiger partial charge is 0.381 e. The molecule has 0 aliphatic carbocycles. The van der Waals surface area contributed by atoms with E-state index in [4.69, 9.17) is 10.5 Å². The topological polar surface area (TPSA) is 143 Å². The van der Waals surface area contributed by atoms with E-state index in [1.54, 1.807) is 25.1 Å². The predicted molar refractivity (Wildman–Crippen MR) is 142 cm³/mol. The average molecular weight is 557 g/mol. The number of nitrogens with one attached hydrogen (secondary N) is 3. The van der Waals surface area contributed by atoms with Gasteiger partial charge in [-0.05, 0) is 54.2 Å². The zero-order valence-electron chi connectivity index (χ0n) is 22.0. The van der Waals surface area contributed by atoms with E-state index in [1.165, 1.54) is 17.4 Å². The monoisotopic (exact) mass is 556 g/mol. The summed E-state index contributed by atoms with van der Waals surface area (Å²) in [7, 11) is 0. The molecule has 0 saturated carbocycles. The molecule has 2 heterocycles. The highest BCUT2D eigenvalue weighted by Gasteiger charge is 2.43. The normalized spacial score (nSPS) is 17.6. The highest BCUT2D eigenvalue weighted by Crippen LogP contribution is 2.38. The summed E-state index contributed by atoms with van der Waals surface area (Å²) in [4.78, 5) is 53.5. The Balaban J connectivity index is 1.71. The first kappa shape index (κ1) is 29.1. The molecule has 0 unspecified atom stereocenters. The number of nitrogens with two attached hydrogens (primary N) is 1. The molecule has 1 radical (unpaired) electrons. The maximum absolute atomic E-state index is 14.4. The molecule has 0 spiro atoms. The van der Waals surface area contributed by atoms with E-state index in [-0.39, 0.29) is 31.3 Å². The first-order valence-corrected chi connectivity index (χ1v) is 13.1. The second kappa shape index (κ2) is 13.0. The molecule has 2 atom stereocenters. The van der Waals surface area contributed by atoms with Crippen LogP contribution in [-0.2, 0) is 30.5 Å². The maximum Gasteiger partial charge on any atom is 0.252 e. The summed E-state index contributed by atoms with van der Waals surface area (Å²) in [6, 6.07) is 5.80. The van der Waals surface area contributed by atoms with Gasteiger partial charge in [-0.3, -0.25) is 19.2 Å². The van der Waals surface area contributed by atoms with E-state index in [9.17, 15) is 28.0 Å². The molecule has 2 aromatic rings.